The molecule has 0 amide bonds. The summed E-state index contributed by atoms with van der Waals surface area (Å²) in [5.41, 5.74) is 8.12. The summed E-state index contributed by atoms with van der Waals surface area (Å²) in [6.45, 7) is 0. The van der Waals surface area contributed by atoms with Crippen molar-refractivity contribution in [1.29, 1.82) is 0 Å². The third kappa shape index (κ3) is 4.88. The monoisotopic (exact) mass is 658 g/mol. The highest BCUT2D eigenvalue weighted by molar-refractivity contribution is 7.80. The maximum atomic E-state index is 12.5. The fraction of sp³-hybridized carbons (Fsp3) is 0.0312. The number of hydrazine groups is 1. The molecular formula is C32H20N9O6S-. The first-order chi connectivity index (χ1) is 23.2. The van der Waals surface area contributed by atoms with Crippen molar-refractivity contribution in [3.8, 4) is 39.8 Å². The zero-order chi connectivity index (χ0) is 33.1. The summed E-state index contributed by atoms with van der Waals surface area (Å²) in [6.07, 6.45) is 3.30. The number of rotatable bonds is 6. The first-order valence-electron chi connectivity index (χ1n) is 14.2. The average Bonchev–Trinajstić information content (AvgIpc) is 3.82. The van der Waals surface area contributed by atoms with Crippen molar-refractivity contribution in [2.75, 3.05) is 10.7 Å². The second-order valence-electron chi connectivity index (χ2n) is 10.7. The lowest BCUT2D eigenvalue weighted by molar-refractivity contribution is -0.254. The van der Waals surface area contributed by atoms with Crippen molar-refractivity contribution >= 4 is 62.6 Å². The van der Waals surface area contributed by atoms with E-state index in [2.05, 4.69) is 36.3 Å². The molecule has 2 aromatic carbocycles. The Morgan fingerprint density at radius 3 is 2.65 bits per heavy atom. The largest absolute Gasteiger partial charge is 0.545 e. The number of carboxylic acids is 1. The number of aromatic hydroxyl groups is 1. The third-order valence-corrected chi connectivity index (χ3v) is 7.75. The number of hydrogen-bond acceptors (Lipinski definition) is 12. The van der Waals surface area contributed by atoms with Crippen LogP contribution in [0.25, 0.3) is 61.7 Å². The number of phenolic OH excluding ortho intramolecular Hbond substituents is 1. The van der Waals surface area contributed by atoms with Crippen LogP contribution in [-0.2, 0) is 7.05 Å². The van der Waals surface area contributed by atoms with Crippen LogP contribution in [0, 0.1) is 0 Å². The summed E-state index contributed by atoms with van der Waals surface area (Å²) < 4.78 is 14.5. The number of phenols is 1. The van der Waals surface area contributed by atoms with E-state index in [1.54, 1.807) is 54.3 Å². The lowest BCUT2D eigenvalue weighted by atomic mass is 9.90. The lowest BCUT2D eigenvalue weighted by Crippen LogP contribution is -2.34. The van der Waals surface area contributed by atoms with Gasteiger partial charge in [-0.05, 0) is 66.3 Å². The highest BCUT2D eigenvalue weighted by atomic mass is 32.1. The Labute approximate surface area is 273 Å². The Balaban J connectivity index is 1.11. The van der Waals surface area contributed by atoms with Gasteiger partial charge in [-0.1, -0.05) is 6.07 Å². The van der Waals surface area contributed by atoms with Gasteiger partial charge < -0.3 is 29.2 Å². The smallest absolute Gasteiger partial charge is 0.247 e. The van der Waals surface area contributed by atoms with Crippen LogP contribution in [0.3, 0.4) is 0 Å². The highest BCUT2D eigenvalue weighted by Crippen LogP contribution is 2.42. The van der Waals surface area contributed by atoms with Gasteiger partial charge in [0.15, 0.2) is 27.6 Å². The van der Waals surface area contributed by atoms with Gasteiger partial charge in [0.05, 0.1) is 17.6 Å². The minimum Gasteiger partial charge on any atom is -0.545 e. The Morgan fingerprint density at radius 1 is 0.979 bits per heavy atom. The molecule has 0 saturated carbocycles. The summed E-state index contributed by atoms with van der Waals surface area (Å²) in [4.78, 5) is 33.8. The molecule has 0 radical (unpaired) electrons. The minimum atomic E-state index is -1.44. The standard InChI is InChI=1S/C32H21N9O6S/c1-40-14-22-27(38-40)35-31(41-29(22)34-28(39-41)23-3-2-10-46-23)36-37-32(48)33-15-4-7-18(21(11-15)30(44)45)26-19-8-5-16(42)12-24(19)47-25-13-17(43)6-9-20(25)26/h2-14,42H,1H3,(H,44,45)(H2,33,37,48)(H,35,36,38)/p-1. The van der Waals surface area contributed by atoms with Gasteiger partial charge in [0.25, 0.3) is 0 Å². The Kier molecular flexibility index (Phi) is 6.52. The van der Waals surface area contributed by atoms with Crippen LogP contribution in [0.5, 0.6) is 5.75 Å². The topological polar surface area (TPSA) is 201 Å². The first-order valence-corrected chi connectivity index (χ1v) is 14.6. The summed E-state index contributed by atoms with van der Waals surface area (Å²) in [5.74, 6) is -0.235. The Hall–Kier alpha value is -6.81. The number of anilines is 2. The first kappa shape index (κ1) is 28.6. The molecule has 5 heterocycles. The fourth-order valence-electron chi connectivity index (χ4n) is 5.52. The quantitative estimate of drug-likeness (QED) is 0.115. The molecule has 0 spiro atoms. The summed E-state index contributed by atoms with van der Waals surface area (Å²) in [6, 6.07) is 16.8. The van der Waals surface area contributed by atoms with Crippen molar-refractivity contribution in [3.63, 3.8) is 0 Å². The number of nitrogens with one attached hydrogen (secondary N) is 3. The molecule has 0 bridgehead atoms. The molecule has 2 aliphatic rings. The maximum absolute atomic E-state index is 12.5. The number of nitrogens with zero attached hydrogens (tertiary/aromatic N) is 6. The number of carbonyl (C=O) groups is 1. The lowest BCUT2D eigenvalue weighted by Gasteiger charge is -2.19. The molecule has 1 aliphatic carbocycles. The summed E-state index contributed by atoms with van der Waals surface area (Å²) in [5, 5.41) is 35.7. The second-order valence-corrected chi connectivity index (χ2v) is 11.1. The highest BCUT2D eigenvalue weighted by Gasteiger charge is 2.21. The molecule has 6 aromatic rings. The zero-order valence-corrected chi connectivity index (χ0v) is 25.4. The number of aryl methyl sites for hydroxylation is 1. The van der Waals surface area contributed by atoms with E-state index in [9.17, 15) is 19.8 Å². The van der Waals surface area contributed by atoms with E-state index >= 15 is 0 Å². The molecule has 8 rings (SSSR count). The van der Waals surface area contributed by atoms with Crippen LogP contribution < -0.4 is 26.7 Å². The predicted molar refractivity (Wildman–Crippen MR) is 176 cm³/mol. The van der Waals surface area contributed by atoms with E-state index in [4.69, 9.17) is 21.1 Å². The van der Waals surface area contributed by atoms with E-state index < -0.39 is 5.97 Å². The fourth-order valence-corrected chi connectivity index (χ4v) is 5.69. The molecular weight excluding hydrogens is 638 g/mol. The van der Waals surface area contributed by atoms with E-state index in [1.807, 2.05) is 0 Å². The number of thiocarbonyl (C=S) groups is 1. The van der Waals surface area contributed by atoms with Crippen LogP contribution in [0.4, 0.5) is 11.6 Å². The summed E-state index contributed by atoms with van der Waals surface area (Å²) >= 11 is 5.49. The van der Waals surface area contributed by atoms with Crippen LogP contribution in [0.2, 0.25) is 0 Å². The van der Waals surface area contributed by atoms with Crippen LogP contribution >= 0.6 is 12.2 Å². The average molecular weight is 659 g/mol. The van der Waals surface area contributed by atoms with Gasteiger partial charge >= 0.3 is 0 Å². The van der Waals surface area contributed by atoms with Crippen molar-refractivity contribution < 1.29 is 23.8 Å². The van der Waals surface area contributed by atoms with Gasteiger partial charge in [0.2, 0.25) is 11.8 Å². The number of fused-ring (bicyclic) bond motifs is 5. The number of aromatic carboxylic acids is 1. The van der Waals surface area contributed by atoms with E-state index in [1.165, 1.54) is 41.1 Å². The molecule has 16 heteroatoms. The molecule has 0 atom stereocenters. The number of carboxylic acid groups (broad SMARTS) is 1. The van der Waals surface area contributed by atoms with Gasteiger partial charge in [0, 0.05) is 53.1 Å². The number of benzene rings is 3. The Bertz CT molecular complexity index is 2610. The predicted octanol–water partition coefficient (Wildman–Crippen LogP) is 3.53. The van der Waals surface area contributed by atoms with E-state index in [-0.39, 0.29) is 39.1 Å². The SMILES string of the molecule is Cn1cc2c(nc(NNC(=S)Nc3ccc(-c4c5ccc(=O)cc-5oc5cc(O)ccc45)c(C(=O)[O-])c3)n3nc(-c4ccco4)nc23)n1. The van der Waals surface area contributed by atoms with Crippen molar-refractivity contribution in [2.45, 2.75) is 0 Å². The summed E-state index contributed by atoms with van der Waals surface area (Å²) in [7, 11) is 1.77. The number of carbonyl (C=O) groups excluding carboxylic acids is 1. The van der Waals surface area contributed by atoms with Crippen LogP contribution in [0.15, 0.2) is 92.8 Å². The Morgan fingerprint density at radius 2 is 1.83 bits per heavy atom. The molecule has 1 aliphatic heterocycles. The van der Waals surface area contributed by atoms with Gasteiger partial charge in [-0.25, -0.2) is 4.98 Å². The molecule has 236 valence electrons. The minimum absolute atomic E-state index is 0.0539. The van der Waals surface area contributed by atoms with E-state index in [0.29, 0.717) is 56.0 Å². The van der Waals surface area contributed by atoms with Crippen LogP contribution in [-0.4, -0.2) is 45.6 Å². The van der Waals surface area contributed by atoms with Gasteiger partial charge in [0.1, 0.15) is 17.1 Å². The zero-order valence-electron chi connectivity index (χ0n) is 24.6. The molecule has 4 N–H and O–H groups in total. The molecule has 0 fully saturated rings. The molecule has 0 unspecified atom stereocenters. The number of hydrogen-bond donors (Lipinski definition) is 4. The van der Waals surface area contributed by atoms with Crippen molar-refractivity contribution in [2.24, 2.45) is 7.05 Å². The second kappa shape index (κ2) is 10.9. The van der Waals surface area contributed by atoms with Gasteiger partial charge in [-0.2, -0.15) is 14.6 Å². The third-order valence-electron chi connectivity index (χ3n) is 7.54. The normalized spacial score (nSPS) is 11.4. The number of furan rings is 1. The van der Waals surface area contributed by atoms with Crippen molar-refractivity contribution in [3.05, 3.63) is 95.0 Å². The molecule has 4 aromatic heterocycles. The van der Waals surface area contributed by atoms with Crippen molar-refractivity contribution in [1.82, 2.24) is 34.8 Å². The molecule has 48 heavy (non-hydrogen) atoms. The van der Waals surface area contributed by atoms with Gasteiger partial charge in [-0.15, -0.1) is 5.10 Å². The number of aromatic nitrogens is 6. The van der Waals surface area contributed by atoms with E-state index in [0.717, 1.165) is 0 Å². The molecule has 15 nitrogen and oxygen atoms in total. The molecule has 0 saturated heterocycles. The van der Waals surface area contributed by atoms with Crippen LogP contribution in [0.1, 0.15) is 10.4 Å². The van der Waals surface area contributed by atoms with Gasteiger partial charge in [-0.3, -0.25) is 20.3 Å². The maximum Gasteiger partial charge on any atom is 0.247 e.